The number of nitrogens with zero attached hydrogens (tertiary/aromatic N) is 2. The van der Waals surface area contributed by atoms with Gasteiger partial charge in [-0.05, 0) is 37.6 Å². The number of anilines is 1. The molecule has 1 heterocycles. The SMILES string of the molecule is Cc1nn(C(F)F)c(C)c1CC(=O)Nc1cc(CN)cc(C(F)(F)F)c1.Cl. The number of aryl methyl sites for hydroxylation is 1. The highest BCUT2D eigenvalue weighted by atomic mass is 35.5. The van der Waals surface area contributed by atoms with Gasteiger partial charge in [0.1, 0.15) is 0 Å². The van der Waals surface area contributed by atoms with Gasteiger partial charge in [0.15, 0.2) is 0 Å². The van der Waals surface area contributed by atoms with Gasteiger partial charge in [0, 0.05) is 23.5 Å². The number of rotatable bonds is 5. The summed E-state index contributed by atoms with van der Waals surface area (Å²) in [4.78, 5) is 12.2. The molecule has 2 aromatic rings. The minimum Gasteiger partial charge on any atom is -0.326 e. The van der Waals surface area contributed by atoms with E-state index < -0.39 is 24.2 Å². The molecule has 150 valence electrons. The molecule has 1 amide bonds. The van der Waals surface area contributed by atoms with Crippen LogP contribution in [0.1, 0.15) is 34.6 Å². The van der Waals surface area contributed by atoms with Gasteiger partial charge < -0.3 is 11.1 Å². The molecule has 11 heteroatoms. The lowest BCUT2D eigenvalue weighted by molar-refractivity contribution is -0.137. The fourth-order valence-corrected chi connectivity index (χ4v) is 2.55. The van der Waals surface area contributed by atoms with E-state index in [0.29, 0.717) is 10.2 Å². The van der Waals surface area contributed by atoms with Crippen LogP contribution in [0.4, 0.5) is 27.6 Å². The van der Waals surface area contributed by atoms with Crippen molar-refractivity contribution in [1.82, 2.24) is 9.78 Å². The van der Waals surface area contributed by atoms with Gasteiger partial charge in [-0.25, -0.2) is 4.68 Å². The van der Waals surface area contributed by atoms with Crippen LogP contribution in [-0.4, -0.2) is 15.7 Å². The van der Waals surface area contributed by atoms with Gasteiger partial charge >= 0.3 is 12.7 Å². The first-order valence-electron chi connectivity index (χ1n) is 7.56. The monoisotopic (exact) mass is 412 g/mol. The maximum Gasteiger partial charge on any atom is 0.416 e. The summed E-state index contributed by atoms with van der Waals surface area (Å²) in [7, 11) is 0. The number of benzene rings is 1. The molecule has 0 radical (unpaired) electrons. The van der Waals surface area contributed by atoms with Gasteiger partial charge in [0.2, 0.25) is 5.91 Å². The second-order valence-corrected chi connectivity index (χ2v) is 5.72. The van der Waals surface area contributed by atoms with E-state index in [4.69, 9.17) is 5.73 Å². The molecule has 0 atom stereocenters. The summed E-state index contributed by atoms with van der Waals surface area (Å²) < 4.78 is 64.9. The third-order valence-electron chi connectivity index (χ3n) is 3.84. The Hall–Kier alpha value is -2.20. The summed E-state index contributed by atoms with van der Waals surface area (Å²) in [6.07, 6.45) is -4.88. The van der Waals surface area contributed by atoms with Crippen LogP contribution in [-0.2, 0) is 23.9 Å². The number of halogens is 6. The van der Waals surface area contributed by atoms with Gasteiger partial charge in [-0.3, -0.25) is 4.79 Å². The average molecular weight is 413 g/mol. The minimum atomic E-state index is -4.59. The molecular formula is C16H18ClF5N4O. The second-order valence-electron chi connectivity index (χ2n) is 5.72. The zero-order chi connectivity index (χ0) is 19.6. The van der Waals surface area contributed by atoms with Crippen LogP contribution in [0.2, 0.25) is 0 Å². The van der Waals surface area contributed by atoms with Gasteiger partial charge in [0.05, 0.1) is 17.7 Å². The average Bonchev–Trinajstić information content (AvgIpc) is 2.82. The maximum atomic E-state index is 12.9. The van der Waals surface area contributed by atoms with E-state index >= 15 is 0 Å². The fourth-order valence-electron chi connectivity index (χ4n) is 2.55. The minimum absolute atomic E-state index is 0. The van der Waals surface area contributed by atoms with Crippen LogP contribution in [0.15, 0.2) is 18.2 Å². The van der Waals surface area contributed by atoms with E-state index in [2.05, 4.69) is 10.4 Å². The van der Waals surface area contributed by atoms with Crippen molar-refractivity contribution >= 4 is 24.0 Å². The molecule has 0 saturated carbocycles. The highest BCUT2D eigenvalue weighted by Crippen LogP contribution is 2.32. The molecule has 0 fully saturated rings. The summed E-state index contributed by atoms with van der Waals surface area (Å²) in [6.45, 7) is -0.107. The van der Waals surface area contributed by atoms with Gasteiger partial charge in [0.25, 0.3) is 0 Å². The fraction of sp³-hybridized carbons (Fsp3) is 0.375. The van der Waals surface area contributed by atoms with Gasteiger partial charge in [-0.15, -0.1) is 12.4 Å². The van der Waals surface area contributed by atoms with Crippen molar-refractivity contribution in [3.8, 4) is 0 Å². The zero-order valence-corrected chi connectivity index (χ0v) is 15.2. The van der Waals surface area contributed by atoms with Crippen molar-refractivity contribution in [3.05, 3.63) is 46.3 Å². The zero-order valence-electron chi connectivity index (χ0n) is 14.4. The van der Waals surface area contributed by atoms with Crippen molar-refractivity contribution in [3.63, 3.8) is 0 Å². The predicted molar refractivity (Wildman–Crippen MR) is 91.9 cm³/mol. The van der Waals surface area contributed by atoms with Crippen LogP contribution >= 0.6 is 12.4 Å². The standard InChI is InChI=1S/C16H17F5N4O.ClH/c1-8-13(9(2)25(24-8)15(17)18)6-14(26)23-12-4-10(7-22)3-11(5-12)16(19,20)21;/h3-5,15H,6-7,22H2,1-2H3,(H,23,26);1H. The Labute approximate surface area is 158 Å². The highest BCUT2D eigenvalue weighted by Gasteiger charge is 2.31. The Morgan fingerprint density at radius 2 is 1.89 bits per heavy atom. The van der Waals surface area contributed by atoms with Crippen LogP contribution in [0, 0.1) is 13.8 Å². The van der Waals surface area contributed by atoms with E-state index in [1.807, 2.05) is 0 Å². The molecular weight excluding hydrogens is 395 g/mol. The number of hydrogen-bond acceptors (Lipinski definition) is 3. The first-order chi connectivity index (χ1) is 12.0. The summed E-state index contributed by atoms with van der Waals surface area (Å²) in [6, 6.07) is 3.02. The van der Waals surface area contributed by atoms with Crippen LogP contribution in [0.25, 0.3) is 0 Å². The van der Waals surface area contributed by atoms with Gasteiger partial charge in [-0.2, -0.15) is 27.1 Å². The summed E-state index contributed by atoms with van der Waals surface area (Å²) in [5.41, 5.74) is 5.27. The third-order valence-corrected chi connectivity index (χ3v) is 3.84. The lowest BCUT2D eigenvalue weighted by atomic mass is 10.1. The van der Waals surface area contributed by atoms with E-state index in [1.54, 1.807) is 0 Å². The number of aromatic nitrogens is 2. The largest absolute Gasteiger partial charge is 0.416 e. The molecule has 2 rings (SSSR count). The van der Waals surface area contributed by atoms with Crippen molar-refractivity contribution in [2.24, 2.45) is 5.73 Å². The van der Waals surface area contributed by atoms with Crippen molar-refractivity contribution < 1.29 is 26.7 Å². The van der Waals surface area contributed by atoms with E-state index in [1.165, 1.54) is 19.9 Å². The van der Waals surface area contributed by atoms with Crippen LogP contribution in [0.5, 0.6) is 0 Å². The molecule has 0 spiro atoms. The summed E-state index contributed by atoms with van der Waals surface area (Å²) in [5, 5.41) is 6.02. The number of hydrogen-bond donors (Lipinski definition) is 2. The second kappa shape index (κ2) is 8.66. The molecule has 0 aliphatic carbocycles. The number of amides is 1. The molecule has 1 aromatic carbocycles. The Kier molecular flexibility index (Phi) is 7.32. The molecule has 3 N–H and O–H groups in total. The Bertz CT molecular complexity index is 820. The maximum absolute atomic E-state index is 12.9. The van der Waals surface area contributed by atoms with E-state index in [9.17, 15) is 26.7 Å². The molecule has 0 aliphatic heterocycles. The van der Waals surface area contributed by atoms with Crippen molar-refractivity contribution in [2.75, 3.05) is 5.32 Å². The van der Waals surface area contributed by atoms with Crippen molar-refractivity contribution in [1.29, 1.82) is 0 Å². The van der Waals surface area contributed by atoms with E-state index in [0.717, 1.165) is 12.1 Å². The molecule has 1 aromatic heterocycles. The quantitative estimate of drug-likeness (QED) is 0.730. The Morgan fingerprint density at radius 3 is 2.37 bits per heavy atom. The lowest BCUT2D eigenvalue weighted by Crippen LogP contribution is -2.17. The number of alkyl halides is 5. The molecule has 5 nitrogen and oxygen atoms in total. The van der Waals surface area contributed by atoms with E-state index in [-0.39, 0.29) is 48.0 Å². The number of nitrogens with one attached hydrogen (secondary N) is 1. The van der Waals surface area contributed by atoms with Crippen LogP contribution < -0.4 is 11.1 Å². The molecule has 0 aliphatic rings. The number of carbonyl (C=O) groups excluding carboxylic acids is 1. The van der Waals surface area contributed by atoms with Crippen molar-refractivity contribution in [2.45, 2.75) is 39.5 Å². The number of nitrogens with two attached hydrogens (primary N) is 1. The van der Waals surface area contributed by atoms with Gasteiger partial charge in [-0.1, -0.05) is 0 Å². The summed E-state index contributed by atoms with van der Waals surface area (Å²) >= 11 is 0. The topological polar surface area (TPSA) is 72.9 Å². The predicted octanol–water partition coefficient (Wildman–Crippen LogP) is 3.98. The first kappa shape index (κ1) is 22.8. The molecule has 27 heavy (non-hydrogen) atoms. The summed E-state index contributed by atoms with van der Waals surface area (Å²) in [5.74, 6) is -0.646. The highest BCUT2D eigenvalue weighted by molar-refractivity contribution is 5.92. The first-order valence-corrected chi connectivity index (χ1v) is 7.56. The Balaban J connectivity index is 0.00000364. The smallest absolute Gasteiger partial charge is 0.326 e. The molecule has 0 bridgehead atoms. The third kappa shape index (κ3) is 5.39. The lowest BCUT2D eigenvalue weighted by Gasteiger charge is -2.12. The molecule has 0 saturated heterocycles. The van der Waals surface area contributed by atoms with Crippen LogP contribution in [0.3, 0.4) is 0 Å². The number of carbonyl (C=O) groups is 1. The molecule has 0 unspecified atom stereocenters. The Morgan fingerprint density at radius 1 is 1.26 bits per heavy atom. The normalized spacial score (nSPS) is 11.4.